The largest absolute Gasteiger partial charge is 0.493 e. The third-order valence-corrected chi connectivity index (χ3v) is 3.77. The summed E-state index contributed by atoms with van der Waals surface area (Å²) >= 11 is 0. The normalized spacial score (nSPS) is 19.1. The molecule has 1 aliphatic heterocycles. The van der Waals surface area contributed by atoms with Crippen molar-refractivity contribution in [2.24, 2.45) is 11.7 Å². The minimum absolute atomic E-state index is 0.124. The summed E-state index contributed by atoms with van der Waals surface area (Å²) in [6.07, 6.45) is 1.70. The Morgan fingerprint density at radius 3 is 2.95 bits per heavy atom. The molecular weight excluding hydrogens is 266 g/mol. The standard InChI is InChI=1S/C16H21N3O2/c1-10(2)9-13(17)16-18-15(19-21-16)12-7-8-20-14-6-4-3-5-11(12)14/h3-6,10,12-13H,7-9,17H2,1-2H3/t12?,13-/m1/s1. The van der Waals surface area contributed by atoms with Gasteiger partial charge in [-0.25, -0.2) is 0 Å². The first-order chi connectivity index (χ1) is 10.1. The molecule has 112 valence electrons. The van der Waals surface area contributed by atoms with Crippen LogP contribution in [0, 0.1) is 5.92 Å². The molecule has 2 atom stereocenters. The Kier molecular flexibility index (Phi) is 3.92. The van der Waals surface area contributed by atoms with Crippen LogP contribution in [0.4, 0.5) is 0 Å². The molecule has 0 radical (unpaired) electrons. The van der Waals surface area contributed by atoms with Crippen molar-refractivity contribution in [3.63, 3.8) is 0 Å². The second-order valence-electron chi connectivity index (χ2n) is 5.95. The van der Waals surface area contributed by atoms with Gasteiger partial charge in [0, 0.05) is 5.56 Å². The van der Waals surface area contributed by atoms with Crippen LogP contribution >= 0.6 is 0 Å². The third-order valence-electron chi connectivity index (χ3n) is 3.77. The highest BCUT2D eigenvalue weighted by Crippen LogP contribution is 2.36. The van der Waals surface area contributed by atoms with Gasteiger partial charge in [-0.2, -0.15) is 4.98 Å². The summed E-state index contributed by atoms with van der Waals surface area (Å²) in [5.41, 5.74) is 7.23. The monoisotopic (exact) mass is 287 g/mol. The number of nitrogens with two attached hydrogens (primary N) is 1. The Morgan fingerprint density at radius 2 is 2.14 bits per heavy atom. The molecule has 5 heteroatoms. The van der Waals surface area contributed by atoms with E-state index in [-0.39, 0.29) is 12.0 Å². The first-order valence-electron chi connectivity index (χ1n) is 7.46. The van der Waals surface area contributed by atoms with Crippen LogP contribution in [0.25, 0.3) is 0 Å². The molecule has 2 N–H and O–H groups in total. The van der Waals surface area contributed by atoms with Gasteiger partial charge in [0.25, 0.3) is 0 Å². The molecule has 0 aliphatic carbocycles. The summed E-state index contributed by atoms with van der Waals surface area (Å²) in [6.45, 7) is 4.93. The molecule has 5 nitrogen and oxygen atoms in total. The van der Waals surface area contributed by atoms with Gasteiger partial charge in [-0.3, -0.25) is 0 Å². The van der Waals surface area contributed by atoms with Crippen LogP contribution in [0.2, 0.25) is 0 Å². The van der Waals surface area contributed by atoms with Gasteiger partial charge in [-0.05, 0) is 24.8 Å². The first kappa shape index (κ1) is 14.1. The Balaban J connectivity index is 1.84. The average molecular weight is 287 g/mol. The van der Waals surface area contributed by atoms with Gasteiger partial charge >= 0.3 is 0 Å². The van der Waals surface area contributed by atoms with Crippen LogP contribution in [0.3, 0.4) is 0 Å². The maximum Gasteiger partial charge on any atom is 0.243 e. The topological polar surface area (TPSA) is 74.2 Å². The molecule has 0 amide bonds. The van der Waals surface area contributed by atoms with E-state index < -0.39 is 0 Å². The fourth-order valence-electron chi connectivity index (χ4n) is 2.76. The summed E-state index contributed by atoms with van der Waals surface area (Å²) in [4.78, 5) is 4.53. The maximum absolute atomic E-state index is 6.11. The fraction of sp³-hybridized carbons (Fsp3) is 0.500. The maximum atomic E-state index is 6.11. The first-order valence-corrected chi connectivity index (χ1v) is 7.46. The van der Waals surface area contributed by atoms with Crippen LogP contribution in [-0.2, 0) is 0 Å². The SMILES string of the molecule is CC(C)C[C@@H](N)c1nc(C2CCOc3ccccc32)no1. The summed E-state index contributed by atoms with van der Waals surface area (Å²) in [5, 5.41) is 4.15. The fourth-order valence-corrected chi connectivity index (χ4v) is 2.76. The number of nitrogens with zero attached hydrogens (tertiary/aromatic N) is 2. The van der Waals surface area contributed by atoms with Gasteiger partial charge in [0.05, 0.1) is 18.6 Å². The summed E-state index contributed by atoms with van der Waals surface area (Å²) in [5.74, 6) is 2.77. The zero-order valence-electron chi connectivity index (χ0n) is 12.5. The Morgan fingerprint density at radius 1 is 1.33 bits per heavy atom. The number of para-hydroxylation sites is 1. The lowest BCUT2D eigenvalue weighted by atomic mass is 9.92. The Hall–Kier alpha value is -1.88. The number of rotatable bonds is 4. The van der Waals surface area contributed by atoms with E-state index >= 15 is 0 Å². The molecule has 0 spiro atoms. The molecule has 1 aromatic carbocycles. The number of ether oxygens (including phenoxy) is 1. The van der Waals surface area contributed by atoms with Crippen molar-refractivity contribution < 1.29 is 9.26 Å². The second-order valence-corrected chi connectivity index (χ2v) is 5.95. The quantitative estimate of drug-likeness (QED) is 0.935. The molecule has 0 bridgehead atoms. The summed E-state index contributed by atoms with van der Waals surface area (Å²) < 4.78 is 11.0. The predicted octanol–water partition coefficient (Wildman–Crippen LogP) is 3.03. The minimum Gasteiger partial charge on any atom is -0.493 e. The van der Waals surface area contributed by atoms with Crippen molar-refractivity contribution in [2.45, 2.75) is 38.6 Å². The molecule has 0 saturated heterocycles. The number of hydrogen-bond acceptors (Lipinski definition) is 5. The molecule has 1 aromatic heterocycles. The predicted molar refractivity (Wildman–Crippen MR) is 79.1 cm³/mol. The van der Waals surface area contributed by atoms with Gasteiger partial charge < -0.3 is 15.0 Å². The number of aromatic nitrogens is 2. The van der Waals surface area contributed by atoms with Crippen molar-refractivity contribution in [1.82, 2.24) is 10.1 Å². The third kappa shape index (κ3) is 2.93. The van der Waals surface area contributed by atoms with E-state index in [4.69, 9.17) is 15.0 Å². The lowest BCUT2D eigenvalue weighted by molar-refractivity contribution is 0.271. The van der Waals surface area contributed by atoms with Gasteiger partial charge in [0.15, 0.2) is 5.82 Å². The zero-order chi connectivity index (χ0) is 14.8. The average Bonchev–Trinajstić information content (AvgIpc) is 2.95. The van der Waals surface area contributed by atoms with Gasteiger partial charge in [0.2, 0.25) is 5.89 Å². The van der Waals surface area contributed by atoms with Crippen molar-refractivity contribution in [3.8, 4) is 5.75 Å². The number of benzene rings is 1. The number of fused-ring (bicyclic) bond motifs is 1. The minimum atomic E-state index is -0.193. The molecule has 1 unspecified atom stereocenters. The highest BCUT2D eigenvalue weighted by atomic mass is 16.5. The summed E-state index contributed by atoms with van der Waals surface area (Å²) in [7, 11) is 0. The molecule has 1 aliphatic rings. The highest BCUT2D eigenvalue weighted by Gasteiger charge is 2.28. The van der Waals surface area contributed by atoms with Crippen molar-refractivity contribution >= 4 is 0 Å². The van der Waals surface area contributed by atoms with Crippen molar-refractivity contribution in [3.05, 3.63) is 41.5 Å². The number of hydrogen-bond donors (Lipinski definition) is 1. The lowest BCUT2D eigenvalue weighted by Gasteiger charge is -2.23. The molecule has 21 heavy (non-hydrogen) atoms. The van der Waals surface area contributed by atoms with E-state index in [2.05, 4.69) is 30.1 Å². The van der Waals surface area contributed by atoms with Crippen molar-refractivity contribution in [1.29, 1.82) is 0 Å². The summed E-state index contributed by atoms with van der Waals surface area (Å²) in [6, 6.07) is 7.82. The molecular formula is C16H21N3O2. The van der Waals surface area contributed by atoms with E-state index in [0.29, 0.717) is 24.2 Å². The van der Waals surface area contributed by atoms with Crippen LogP contribution in [0.1, 0.15) is 55.9 Å². The second kappa shape index (κ2) is 5.85. The molecule has 2 aromatic rings. The molecule has 0 saturated carbocycles. The van der Waals surface area contributed by atoms with E-state index in [1.54, 1.807) is 0 Å². The zero-order valence-corrected chi connectivity index (χ0v) is 12.5. The lowest BCUT2D eigenvalue weighted by Crippen LogP contribution is -2.17. The van der Waals surface area contributed by atoms with E-state index in [9.17, 15) is 0 Å². The molecule has 3 rings (SSSR count). The van der Waals surface area contributed by atoms with Crippen LogP contribution in [0.5, 0.6) is 5.75 Å². The Labute approximate surface area is 124 Å². The van der Waals surface area contributed by atoms with Gasteiger partial charge in [-0.15, -0.1) is 0 Å². The Bertz CT molecular complexity index is 609. The smallest absolute Gasteiger partial charge is 0.243 e. The van der Waals surface area contributed by atoms with Crippen molar-refractivity contribution in [2.75, 3.05) is 6.61 Å². The van der Waals surface area contributed by atoms with E-state index in [1.165, 1.54) is 0 Å². The van der Waals surface area contributed by atoms with Crippen LogP contribution in [0.15, 0.2) is 28.8 Å². The highest BCUT2D eigenvalue weighted by molar-refractivity contribution is 5.40. The van der Waals surface area contributed by atoms with E-state index in [0.717, 1.165) is 24.2 Å². The van der Waals surface area contributed by atoms with Gasteiger partial charge in [0.1, 0.15) is 5.75 Å². The molecule has 2 heterocycles. The van der Waals surface area contributed by atoms with Crippen LogP contribution in [-0.4, -0.2) is 16.7 Å². The van der Waals surface area contributed by atoms with Gasteiger partial charge in [-0.1, -0.05) is 37.2 Å². The van der Waals surface area contributed by atoms with E-state index in [1.807, 2.05) is 18.2 Å². The molecule has 0 fully saturated rings. The van der Waals surface area contributed by atoms with Crippen LogP contribution < -0.4 is 10.5 Å².